The van der Waals surface area contributed by atoms with Crippen molar-refractivity contribution in [3.8, 4) is 0 Å². The van der Waals surface area contributed by atoms with Crippen LogP contribution in [0.4, 0.5) is 0 Å². The third-order valence-electron chi connectivity index (χ3n) is 2.67. The maximum atomic E-state index is 4.41. The lowest BCUT2D eigenvalue weighted by Gasteiger charge is -2.05. The van der Waals surface area contributed by atoms with Crippen molar-refractivity contribution in [1.29, 1.82) is 0 Å². The van der Waals surface area contributed by atoms with Gasteiger partial charge in [-0.2, -0.15) is 0 Å². The van der Waals surface area contributed by atoms with Crippen LogP contribution in [0.25, 0.3) is 0 Å². The summed E-state index contributed by atoms with van der Waals surface area (Å²) in [6.07, 6.45) is 1.92. The van der Waals surface area contributed by atoms with Crippen molar-refractivity contribution in [3.05, 3.63) is 48.0 Å². The molecule has 0 saturated carbocycles. The van der Waals surface area contributed by atoms with Crippen molar-refractivity contribution in [1.82, 2.24) is 15.3 Å². The summed E-state index contributed by atoms with van der Waals surface area (Å²) in [7, 11) is 0. The number of nitrogens with one attached hydrogen (secondary N) is 2. The van der Waals surface area contributed by atoms with Crippen LogP contribution in [0.3, 0.4) is 0 Å². The number of hydrogen-bond donors (Lipinski definition) is 2. The van der Waals surface area contributed by atoms with Crippen LogP contribution < -0.4 is 5.32 Å². The highest BCUT2D eigenvalue weighted by Gasteiger charge is 2.02. The Hall–Kier alpha value is -1.26. The van der Waals surface area contributed by atoms with Crippen LogP contribution in [-0.2, 0) is 12.3 Å². The third kappa shape index (κ3) is 5.09. The molecule has 0 unspecified atom stereocenters. The van der Waals surface area contributed by atoms with E-state index in [4.69, 9.17) is 0 Å². The minimum atomic E-state index is 0.677. The average Bonchev–Trinajstić information content (AvgIpc) is 2.85. The molecule has 0 fully saturated rings. The zero-order valence-corrected chi connectivity index (χ0v) is 12.3. The molecule has 0 bridgehead atoms. The van der Waals surface area contributed by atoms with Crippen LogP contribution in [0.15, 0.2) is 41.4 Å². The van der Waals surface area contributed by atoms with Crippen molar-refractivity contribution >= 4 is 11.8 Å². The fourth-order valence-electron chi connectivity index (χ4n) is 1.73. The summed E-state index contributed by atoms with van der Waals surface area (Å²) in [6.45, 7) is 6.32. The Morgan fingerprint density at radius 1 is 1.26 bits per heavy atom. The van der Waals surface area contributed by atoms with Gasteiger partial charge in [0, 0.05) is 23.3 Å². The summed E-state index contributed by atoms with van der Waals surface area (Å²) < 4.78 is 0. The van der Waals surface area contributed by atoms with Crippen LogP contribution >= 0.6 is 11.8 Å². The van der Waals surface area contributed by atoms with E-state index in [0.717, 1.165) is 30.4 Å². The van der Waals surface area contributed by atoms with E-state index in [1.165, 1.54) is 4.90 Å². The van der Waals surface area contributed by atoms with Gasteiger partial charge in [-0.1, -0.05) is 32.0 Å². The van der Waals surface area contributed by atoms with Gasteiger partial charge in [-0.05, 0) is 24.6 Å². The summed E-state index contributed by atoms with van der Waals surface area (Å²) >= 11 is 1.80. The SMILES string of the molecule is CC(C)CNCc1cnc(CSc2ccccc2)[nH]1. The second-order valence-corrected chi connectivity index (χ2v) is 6.03. The third-order valence-corrected chi connectivity index (χ3v) is 3.69. The quantitative estimate of drug-likeness (QED) is 0.760. The van der Waals surface area contributed by atoms with E-state index in [9.17, 15) is 0 Å². The molecular formula is C15H21N3S. The molecule has 3 nitrogen and oxygen atoms in total. The number of hydrogen-bond acceptors (Lipinski definition) is 3. The van der Waals surface area contributed by atoms with Crippen LogP contribution in [0.1, 0.15) is 25.4 Å². The number of nitrogens with zero attached hydrogens (tertiary/aromatic N) is 1. The van der Waals surface area contributed by atoms with Crippen molar-refractivity contribution in [2.75, 3.05) is 6.54 Å². The smallest absolute Gasteiger partial charge is 0.116 e. The summed E-state index contributed by atoms with van der Waals surface area (Å²) in [5, 5.41) is 3.41. The van der Waals surface area contributed by atoms with Gasteiger partial charge in [-0.15, -0.1) is 11.8 Å². The van der Waals surface area contributed by atoms with Crippen LogP contribution in [0.2, 0.25) is 0 Å². The first-order valence-corrected chi connectivity index (χ1v) is 7.64. The molecule has 1 aromatic heterocycles. The van der Waals surface area contributed by atoms with Gasteiger partial charge in [-0.25, -0.2) is 4.98 Å². The van der Waals surface area contributed by atoms with E-state index >= 15 is 0 Å². The summed E-state index contributed by atoms with van der Waals surface area (Å²) in [4.78, 5) is 9.05. The minimum absolute atomic E-state index is 0.677. The molecule has 0 saturated heterocycles. The number of aromatic nitrogens is 2. The van der Waals surface area contributed by atoms with E-state index in [1.54, 1.807) is 11.8 Å². The lowest BCUT2D eigenvalue weighted by atomic mass is 10.2. The Balaban J connectivity index is 1.77. The molecule has 2 aromatic rings. The zero-order valence-electron chi connectivity index (χ0n) is 11.5. The number of thioether (sulfide) groups is 1. The first-order chi connectivity index (χ1) is 9.24. The van der Waals surface area contributed by atoms with Crippen molar-refractivity contribution < 1.29 is 0 Å². The Morgan fingerprint density at radius 3 is 2.79 bits per heavy atom. The molecule has 1 aromatic carbocycles. The van der Waals surface area contributed by atoms with Crippen LogP contribution in [-0.4, -0.2) is 16.5 Å². The van der Waals surface area contributed by atoms with Crippen molar-refractivity contribution in [2.24, 2.45) is 5.92 Å². The van der Waals surface area contributed by atoms with E-state index in [2.05, 4.69) is 53.4 Å². The van der Waals surface area contributed by atoms with Gasteiger partial charge in [-0.3, -0.25) is 0 Å². The van der Waals surface area contributed by atoms with E-state index in [-0.39, 0.29) is 0 Å². The molecule has 0 aliphatic heterocycles. The molecule has 0 aliphatic carbocycles. The van der Waals surface area contributed by atoms with Gasteiger partial charge in [0.1, 0.15) is 5.82 Å². The van der Waals surface area contributed by atoms with Gasteiger partial charge in [0.05, 0.1) is 5.75 Å². The molecule has 1 heterocycles. The Labute approximate surface area is 119 Å². The predicted molar refractivity (Wildman–Crippen MR) is 81.1 cm³/mol. The molecular weight excluding hydrogens is 254 g/mol. The molecule has 0 spiro atoms. The van der Waals surface area contributed by atoms with Gasteiger partial charge >= 0.3 is 0 Å². The zero-order chi connectivity index (χ0) is 13.5. The van der Waals surface area contributed by atoms with E-state index in [1.807, 2.05) is 12.3 Å². The fourth-order valence-corrected chi connectivity index (χ4v) is 2.53. The van der Waals surface area contributed by atoms with Crippen molar-refractivity contribution in [2.45, 2.75) is 31.0 Å². The summed E-state index contributed by atoms with van der Waals surface area (Å²) in [5.41, 5.74) is 1.16. The Kier molecular flexibility index (Phi) is 5.48. The molecule has 102 valence electrons. The first-order valence-electron chi connectivity index (χ1n) is 6.65. The monoisotopic (exact) mass is 275 g/mol. The number of benzene rings is 1. The van der Waals surface area contributed by atoms with Gasteiger partial charge in [0.2, 0.25) is 0 Å². The molecule has 0 aliphatic rings. The van der Waals surface area contributed by atoms with E-state index in [0.29, 0.717) is 5.92 Å². The predicted octanol–water partition coefficient (Wildman–Crippen LogP) is 3.45. The van der Waals surface area contributed by atoms with Crippen molar-refractivity contribution in [3.63, 3.8) is 0 Å². The maximum absolute atomic E-state index is 4.41. The molecule has 19 heavy (non-hydrogen) atoms. The van der Waals surface area contributed by atoms with Gasteiger partial charge < -0.3 is 10.3 Å². The highest BCUT2D eigenvalue weighted by atomic mass is 32.2. The molecule has 0 amide bonds. The average molecular weight is 275 g/mol. The maximum Gasteiger partial charge on any atom is 0.116 e. The van der Waals surface area contributed by atoms with Gasteiger partial charge in [0.15, 0.2) is 0 Å². The lowest BCUT2D eigenvalue weighted by molar-refractivity contribution is 0.549. The largest absolute Gasteiger partial charge is 0.344 e. The van der Waals surface area contributed by atoms with E-state index < -0.39 is 0 Å². The second-order valence-electron chi connectivity index (χ2n) is 4.98. The van der Waals surface area contributed by atoms with Crippen LogP contribution in [0.5, 0.6) is 0 Å². The molecule has 0 radical (unpaired) electrons. The van der Waals surface area contributed by atoms with Crippen LogP contribution in [0, 0.1) is 5.92 Å². The molecule has 2 N–H and O–H groups in total. The Bertz CT molecular complexity index is 479. The van der Waals surface area contributed by atoms with Gasteiger partial charge in [0.25, 0.3) is 0 Å². The molecule has 2 rings (SSSR count). The Morgan fingerprint density at radius 2 is 2.05 bits per heavy atom. The number of imidazole rings is 1. The minimum Gasteiger partial charge on any atom is -0.344 e. The first kappa shape index (κ1) is 14.2. The number of H-pyrrole nitrogens is 1. The molecule has 0 atom stereocenters. The standard InChI is InChI=1S/C15H21N3S/c1-12(2)8-16-9-13-10-17-15(18-13)11-19-14-6-4-3-5-7-14/h3-7,10,12,16H,8-9,11H2,1-2H3,(H,17,18). The normalized spacial score (nSPS) is 11.1. The number of rotatable bonds is 7. The highest BCUT2D eigenvalue weighted by Crippen LogP contribution is 2.20. The summed E-state index contributed by atoms with van der Waals surface area (Å²) in [5.74, 6) is 2.60. The fraction of sp³-hybridized carbons (Fsp3) is 0.400. The summed E-state index contributed by atoms with van der Waals surface area (Å²) in [6, 6.07) is 10.4. The number of aromatic amines is 1. The highest BCUT2D eigenvalue weighted by molar-refractivity contribution is 7.98. The second kappa shape index (κ2) is 7.36. The lowest BCUT2D eigenvalue weighted by Crippen LogP contribution is -2.19. The topological polar surface area (TPSA) is 40.7 Å². The molecule has 4 heteroatoms.